The van der Waals surface area contributed by atoms with Gasteiger partial charge in [-0.25, -0.2) is 9.98 Å². The van der Waals surface area contributed by atoms with Crippen molar-refractivity contribution in [2.75, 3.05) is 27.2 Å². The standard InChI is InChI=1S/C21H31N5OS/c1-5-22-21(23-13-7-6-8-19-25-16(2)15-28-19)24-14-17-9-11-18(12-10-17)20(27)26(3)4/h9-12,15H,5-8,13-14H2,1-4H3,(H2,22,23,24). The van der Waals surface area contributed by atoms with Crippen LogP contribution in [0.25, 0.3) is 0 Å². The molecule has 28 heavy (non-hydrogen) atoms. The highest BCUT2D eigenvalue weighted by Gasteiger charge is 2.07. The van der Waals surface area contributed by atoms with Crippen LogP contribution in [0.2, 0.25) is 0 Å². The zero-order chi connectivity index (χ0) is 20.4. The van der Waals surface area contributed by atoms with Crippen molar-refractivity contribution in [2.24, 2.45) is 4.99 Å². The number of hydrogen-bond donors (Lipinski definition) is 2. The monoisotopic (exact) mass is 401 g/mol. The summed E-state index contributed by atoms with van der Waals surface area (Å²) in [6.45, 7) is 6.37. The maximum absolute atomic E-state index is 11.9. The van der Waals surface area contributed by atoms with E-state index in [4.69, 9.17) is 0 Å². The number of rotatable bonds is 9. The SMILES string of the molecule is CCNC(=NCc1ccc(C(=O)N(C)C)cc1)NCCCCc1nc(C)cs1. The normalized spacial score (nSPS) is 11.4. The third-order valence-corrected chi connectivity index (χ3v) is 5.17. The van der Waals surface area contributed by atoms with Gasteiger partial charge in [0.1, 0.15) is 0 Å². The molecule has 1 amide bonds. The van der Waals surface area contributed by atoms with Gasteiger partial charge in [-0.2, -0.15) is 0 Å². The molecule has 0 aliphatic carbocycles. The first-order chi connectivity index (χ1) is 13.5. The summed E-state index contributed by atoms with van der Waals surface area (Å²) in [6, 6.07) is 7.63. The Labute approximate surface area is 172 Å². The lowest BCUT2D eigenvalue weighted by Crippen LogP contribution is -2.37. The number of aromatic nitrogens is 1. The van der Waals surface area contributed by atoms with E-state index in [9.17, 15) is 4.79 Å². The molecule has 0 aliphatic heterocycles. The summed E-state index contributed by atoms with van der Waals surface area (Å²) < 4.78 is 0. The van der Waals surface area contributed by atoms with Gasteiger partial charge in [0.05, 0.1) is 11.6 Å². The van der Waals surface area contributed by atoms with Crippen LogP contribution in [0.15, 0.2) is 34.6 Å². The van der Waals surface area contributed by atoms with Crippen LogP contribution in [0.1, 0.15) is 46.4 Å². The molecular weight excluding hydrogens is 370 g/mol. The summed E-state index contributed by atoms with van der Waals surface area (Å²) in [5.41, 5.74) is 2.88. The van der Waals surface area contributed by atoms with Crippen LogP contribution in [-0.2, 0) is 13.0 Å². The van der Waals surface area contributed by atoms with Crippen LogP contribution in [0.3, 0.4) is 0 Å². The number of carbonyl (C=O) groups excluding carboxylic acids is 1. The number of guanidine groups is 1. The maximum atomic E-state index is 11.9. The molecular formula is C21H31N5OS. The third-order valence-electron chi connectivity index (χ3n) is 4.15. The number of unbranched alkanes of at least 4 members (excludes halogenated alkanes) is 1. The molecule has 6 nitrogen and oxygen atoms in total. The fourth-order valence-electron chi connectivity index (χ4n) is 2.65. The third kappa shape index (κ3) is 7.31. The molecule has 2 aromatic rings. The summed E-state index contributed by atoms with van der Waals surface area (Å²) >= 11 is 1.74. The molecule has 0 saturated carbocycles. The average molecular weight is 402 g/mol. The smallest absolute Gasteiger partial charge is 0.253 e. The molecule has 0 bridgehead atoms. The van der Waals surface area contributed by atoms with Crippen molar-refractivity contribution in [1.29, 1.82) is 0 Å². The summed E-state index contributed by atoms with van der Waals surface area (Å²) in [5.74, 6) is 0.832. The molecule has 2 N–H and O–H groups in total. The molecule has 0 saturated heterocycles. The van der Waals surface area contributed by atoms with Gasteiger partial charge in [0.2, 0.25) is 0 Å². The van der Waals surface area contributed by atoms with E-state index in [1.807, 2.05) is 31.2 Å². The number of aliphatic imine (C=N–C) groups is 1. The summed E-state index contributed by atoms with van der Waals surface area (Å²) in [4.78, 5) is 22.7. The highest BCUT2D eigenvalue weighted by atomic mass is 32.1. The van der Waals surface area contributed by atoms with Gasteiger partial charge in [-0.1, -0.05) is 12.1 Å². The first-order valence-electron chi connectivity index (χ1n) is 9.73. The molecule has 0 aliphatic rings. The van der Waals surface area contributed by atoms with Crippen molar-refractivity contribution in [2.45, 2.75) is 39.7 Å². The first kappa shape index (κ1) is 21.9. The molecule has 0 fully saturated rings. The molecule has 152 valence electrons. The van der Waals surface area contributed by atoms with E-state index >= 15 is 0 Å². The number of amides is 1. The minimum atomic E-state index is 0.0120. The molecule has 1 aromatic carbocycles. The molecule has 0 unspecified atom stereocenters. The summed E-state index contributed by atoms with van der Waals surface area (Å²) in [6.07, 6.45) is 3.22. The van der Waals surface area contributed by atoms with Crippen molar-refractivity contribution in [1.82, 2.24) is 20.5 Å². The van der Waals surface area contributed by atoms with E-state index in [2.05, 4.69) is 32.9 Å². The van der Waals surface area contributed by atoms with E-state index in [-0.39, 0.29) is 5.91 Å². The Bertz CT molecular complexity index is 767. The van der Waals surface area contributed by atoms with Crippen LogP contribution in [-0.4, -0.2) is 48.9 Å². The van der Waals surface area contributed by atoms with Gasteiger partial charge in [0.15, 0.2) is 5.96 Å². The molecule has 1 aromatic heterocycles. The van der Waals surface area contributed by atoms with Crippen molar-refractivity contribution in [3.05, 3.63) is 51.5 Å². The fraction of sp³-hybridized carbons (Fsp3) is 0.476. The van der Waals surface area contributed by atoms with Gasteiger partial charge in [-0.15, -0.1) is 11.3 Å². The quantitative estimate of drug-likeness (QED) is 0.384. The molecule has 0 spiro atoms. The number of thiazole rings is 1. The van der Waals surface area contributed by atoms with E-state index < -0.39 is 0 Å². The van der Waals surface area contributed by atoms with E-state index in [0.29, 0.717) is 12.1 Å². The zero-order valence-electron chi connectivity index (χ0n) is 17.3. The Morgan fingerprint density at radius 3 is 2.54 bits per heavy atom. The lowest BCUT2D eigenvalue weighted by molar-refractivity contribution is 0.0827. The van der Waals surface area contributed by atoms with E-state index in [0.717, 1.165) is 49.6 Å². The largest absolute Gasteiger partial charge is 0.357 e. The van der Waals surface area contributed by atoms with Crippen molar-refractivity contribution >= 4 is 23.2 Å². The van der Waals surface area contributed by atoms with Crippen LogP contribution >= 0.6 is 11.3 Å². The molecule has 2 rings (SSSR count). The number of benzene rings is 1. The molecule has 0 radical (unpaired) electrons. The predicted octanol–water partition coefficient (Wildman–Crippen LogP) is 3.23. The highest BCUT2D eigenvalue weighted by Crippen LogP contribution is 2.11. The lowest BCUT2D eigenvalue weighted by atomic mass is 10.1. The number of aryl methyl sites for hydroxylation is 2. The van der Waals surface area contributed by atoms with Crippen molar-refractivity contribution in [3.8, 4) is 0 Å². The second-order valence-corrected chi connectivity index (χ2v) is 7.80. The van der Waals surface area contributed by atoms with Gasteiger partial charge < -0.3 is 15.5 Å². The molecule has 7 heteroatoms. The van der Waals surface area contributed by atoms with Crippen LogP contribution in [0.4, 0.5) is 0 Å². The second kappa shape index (κ2) is 11.4. The minimum absolute atomic E-state index is 0.0120. The first-order valence-corrected chi connectivity index (χ1v) is 10.6. The number of nitrogens with zero attached hydrogens (tertiary/aromatic N) is 3. The van der Waals surface area contributed by atoms with Crippen LogP contribution < -0.4 is 10.6 Å². The molecule has 1 heterocycles. The van der Waals surface area contributed by atoms with Gasteiger partial charge in [-0.05, 0) is 50.8 Å². The number of hydrogen-bond acceptors (Lipinski definition) is 4. The van der Waals surface area contributed by atoms with Gasteiger partial charge in [0.25, 0.3) is 5.91 Å². The maximum Gasteiger partial charge on any atom is 0.253 e. The van der Waals surface area contributed by atoms with E-state index in [1.54, 1.807) is 30.3 Å². The minimum Gasteiger partial charge on any atom is -0.357 e. The summed E-state index contributed by atoms with van der Waals surface area (Å²) in [5, 5.41) is 9.99. The summed E-state index contributed by atoms with van der Waals surface area (Å²) in [7, 11) is 3.51. The number of nitrogens with one attached hydrogen (secondary N) is 2. The second-order valence-electron chi connectivity index (χ2n) is 6.86. The van der Waals surface area contributed by atoms with Crippen molar-refractivity contribution < 1.29 is 4.79 Å². The fourth-order valence-corrected chi connectivity index (χ4v) is 3.47. The van der Waals surface area contributed by atoms with E-state index in [1.165, 1.54) is 5.01 Å². The Hall–Kier alpha value is -2.41. The average Bonchev–Trinajstić information content (AvgIpc) is 3.10. The Kier molecular flexibility index (Phi) is 8.94. The Morgan fingerprint density at radius 2 is 1.93 bits per heavy atom. The Morgan fingerprint density at radius 1 is 1.18 bits per heavy atom. The van der Waals surface area contributed by atoms with Gasteiger partial charge in [-0.3, -0.25) is 4.79 Å². The van der Waals surface area contributed by atoms with Crippen molar-refractivity contribution in [3.63, 3.8) is 0 Å². The highest BCUT2D eigenvalue weighted by molar-refractivity contribution is 7.09. The Balaban J connectivity index is 1.78. The van der Waals surface area contributed by atoms with Crippen LogP contribution in [0.5, 0.6) is 0 Å². The van der Waals surface area contributed by atoms with Gasteiger partial charge in [0, 0.05) is 43.8 Å². The predicted molar refractivity (Wildman–Crippen MR) is 117 cm³/mol. The molecule has 0 atom stereocenters. The zero-order valence-corrected chi connectivity index (χ0v) is 18.1. The van der Waals surface area contributed by atoms with Crippen LogP contribution in [0, 0.1) is 6.92 Å². The number of carbonyl (C=O) groups is 1. The lowest BCUT2D eigenvalue weighted by Gasteiger charge is -2.12. The van der Waals surface area contributed by atoms with Gasteiger partial charge >= 0.3 is 0 Å². The topological polar surface area (TPSA) is 69.6 Å².